The molecule has 0 unspecified atom stereocenters. The van der Waals surface area contributed by atoms with Crippen LogP contribution >= 0.6 is 11.6 Å². The van der Waals surface area contributed by atoms with E-state index in [9.17, 15) is 9.59 Å². The van der Waals surface area contributed by atoms with Crippen LogP contribution in [0.5, 0.6) is 0 Å². The number of oxazole rings is 1. The Hall–Kier alpha value is -2.34. The number of nitrogens with zero attached hydrogens (tertiary/aromatic N) is 2. The van der Waals surface area contributed by atoms with E-state index in [1.54, 1.807) is 12.3 Å². The lowest BCUT2D eigenvalue weighted by Gasteiger charge is -2.26. The first-order valence-corrected chi connectivity index (χ1v) is 10.1. The zero-order valence-electron chi connectivity index (χ0n) is 16.3. The van der Waals surface area contributed by atoms with E-state index < -0.39 is 6.04 Å². The van der Waals surface area contributed by atoms with Crippen LogP contribution < -0.4 is 5.32 Å². The number of rotatable bonds is 7. The topological polar surface area (TPSA) is 75.4 Å². The first-order valence-electron chi connectivity index (χ1n) is 9.73. The molecule has 2 amide bonds. The number of benzene rings is 1. The number of hydrogen-bond donors (Lipinski definition) is 1. The summed E-state index contributed by atoms with van der Waals surface area (Å²) in [5.74, 6) is 0.912. The minimum Gasteiger partial charge on any atom is -0.441 e. The number of aryl methyl sites for hydroxylation is 1. The largest absolute Gasteiger partial charge is 0.441 e. The number of halogens is 1. The van der Waals surface area contributed by atoms with Gasteiger partial charge in [-0.1, -0.05) is 37.6 Å². The van der Waals surface area contributed by atoms with E-state index in [0.29, 0.717) is 23.1 Å². The number of amides is 2. The van der Waals surface area contributed by atoms with Crippen LogP contribution in [-0.2, 0) is 16.0 Å². The smallest absolute Gasteiger partial charge is 0.245 e. The van der Waals surface area contributed by atoms with E-state index >= 15 is 0 Å². The Balaban J connectivity index is 1.56. The highest BCUT2D eigenvalue weighted by molar-refractivity contribution is 6.33. The lowest BCUT2D eigenvalue weighted by atomic mass is 10.0. The number of likely N-dealkylation sites (tertiary alicyclic amines) is 1. The molecule has 0 saturated carbocycles. The van der Waals surface area contributed by atoms with Gasteiger partial charge in [0, 0.05) is 31.5 Å². The molecule has 1 saturated heterocycles. The number of hydrogen-bond acceptors (Lipinski definition) is 4. The van der Waals surface area contributed by atoms with Crippen molar-refractivity contribution in [3.8, 4) is 11.3 Å². The van der Waals surface area contributed by atoms with Gasteiger partial charge in [-0.05, 0) is 30.9 Å². The minimum atomic E-state index is -0.492. The molecule has 1 aromatic heterocycles. The van der Waals surface area contributed by atoms with Crippen molar-refractivity contribution in [3.63, 3.8) is 0 Å². The quantitative estimate of drug-likeness (QED) is 0.764. The Kier molecular flexibility index (Phi) is 6.73. The highest BCUT2D eigenvalue weighted by atomic mass is 35.5. The molecule has 0 radical (unpaired) electrons. The van der Waals surface area contributed by atoms with Crippen LogP contribution in [0.25, 0.3) is 11.3 Å². The van der Waals surface area contributed by atoms with E-state index in [1.807, 2.05) is 36.9 Å². The number of nitrogens with one attached hydrogen (secondary N) is 1. The second-order valence-corrected chi connectivity index (χ2v) is 7.83. The van der Waals surface area contributed by atoms with Crippen LogP contribution in [0.2, 0.25) is 5.02 Å². The van der Waals surface area contributed by atoms with Gasteiger partial charge in [0.05, 0.1) is 11.2 Å². The zero-order valence-corrected chi connectivity index (χ0v) is 17.0. The molecular formula is C21H26ClN3O3. The third-order valence-electron chi connectivity index (χ3n) is 4.93. The third-order valence-corrected chi connectivity index (χ3v) is 5.26. The molecule has 1 fully saturated rings. The van der Waals surface area contributed by atoms with Gasteiger partial charge >= 0.3 is 0 Å². The molecule has 2 aromatic rings. The van der Waals surface area contributed by atoms with Gasteiger partial charge in [-0.15, -0.1) is 0 Å². The summed E-state index contributed by atoms with van der Waals surface area (Å²) in [6.45, 7) is 5.45. The highest BCUT2D eigenvalue weighted by Crippen LogP contribution is 2.28. The van der Waals surface area contributed by atoms with Crippen LogP contribution in [0, 0.1) is 5.92 Å². The van der Waals surface area contributed by atoms with Crippen LogP contribution in [0.3, 0.4) is 0 Å². The van der Waals surface area contributed by atoms with Crippen LogP contribution in [-0.4, -0.2) is 40.8 Å². The first-order chi connectivity index (χ1) is 13.5. The summed E-state index contributed by atoms with van der Waals surface area (Å²) >= 11 is 6.18. The van der Waals surface area contributed by atoms with Gasteiger partial charge in [-0.3, -0.25) is 9.59 Å². The molecule has 7 heteroatoms. The minimum absolute atomic E-state index is 0.0120. The van der Waals surface area contributed by atoms with Crippen molar-refractivity contribution in [2.75, 3.05) is 13.1 Å². The van der Waals surface area contributed by atoms with Gasteiger partial charge in [0.15, 0.2) is 11.7 Å². The molecule has 1 aliphatic heterocycles. The summed E-state index contributed by atoms with van der Waals surface area (Å²) in [6.07, 6.45) is 4.24. The van der Waals surface area contributed by atoms with Gasteiger partial charge in [0.2, 0.25) is 11.8 Å². The van der Waals surface area contributed by atoms with Gasteiger partial charge in [-0.25, -0.2) is 4.98 Å². The second kappa shape index (κ2) is 9.24. The van der Waals surface area contributed by atoms with Crippen molar-refractivity contribution in [1.82, 2.24) is 15.2 Å². The predicted molar refractivity (Wildman–Crippen MR) is 108 cm³/mol. The Labute approximate surface area is 170 Å². The van der Waals surface area contributed by atoms with Gasteiger partial charge < -0.3 is 14.6 Å². The maximum absolute atomic E-state index is 12.7. The molecule has 1 atom stereocenters. The Morgan fingerprint density at radius 2 is 1.96 bits per heavy atom. The average molecular weight is 404 g/mol. The van der Waals surface area contributed by atoms with Crippen molar-refractivity contribution in [3.05, 3.63) is 41.4 Å². The van der Waals surface area contributed by atoms with Crippen molar-refractivity contribution in [1.29, 1.82) is 0 Å². The maximum Gasteiger partial charge on any atom is 0.245 e. The summed E-state index contributed by atoms with van der Waals surface area (Å²) in [4.78, 5) is 31.1. The van der Waals surface area contributed by atoms with E-state index in [2.05, 4.69) is 10.3 Å². The highest BCUT2D eigenvalue weighted by Gasteiger charge is 2.29. The molecule has 6 nitrogen and oxygen atoms in total. The van der Waals surface area contributed by atoms with Crippen LogP contribution in [0.1, 0.15) is 39.0 Å². The van der Waals surface area contributed by atoms with Crippen molar-refractivity contribution in [2.24, 2.45) is 5.92 Å². The Bertz CT molecular complexity index is 828. The summed E-state index contributed by atoms with van der Waals surface area (Å²) < 4.78 is 5.73. The lowest BCUT2D eigenvalue weighted by molar-refractivity contribution is -0.136. The zero-order chi connectivity index (χ0) is 20.1. The monoisotopic (exact) mass is 403 g/mol. The van der Waals surface area contributed by atoms with Crippen molar-refractivity contribution >= 4 is 23.4 Å². The summed E-state index contributed by atoms with van der Waals surface area (Å²) in [5.41, 5.74) is 0.767. The number of carbonyl (C=O) groups is 2. The molecule has 28 heavy (non-hydrogen) atoms. The molecule has 3 rings (SSSR count). The summed E-state index contributed by atoms with van der Waals surface area (Å²) in [6, 6.07) is 6.88. The summed E-state index contributed by atoms with van der Waals surface area (Å²) in [7, 11) is 0. The SMILES string of the molecule is CC(C)[C@H](NC(=O)CCc1ncc(-c2ccccc2Cl)o1)C(=O)N1CCCC1. The number of aromatic nitrogens is 1. The predicted octanol–water partition coefficient (Wildman–Crippen LogP) is 3.69. The maximum atomic E-state index is 12.7. The molecule has 2 heterocycles. The van der Waals surface area contributed by atoms with E-state index in [4.69, 9.17) is 16.0 Å². The van der Waals surface area contributed by atoms with Crippen LogP contribution in [0.4, 0.5) is 0 Å². The molecule has 1 aromatic carbocycles. The van der Waals surface area contributed by atoms with Crippen molar-refractivity contribution < 1.29 is 14.0 Å². The fourth-order valence-corrected chi connectivity index (χ4v) is 3.55. The Morgan fingerprint density at radius 1 is 1.25 bits per heavy atom. The number of carbonyl (C=O) groups excluding carboxylic acids is 2. The van der Waals surface area contributed by atoms with Gasteiger partial charge in [0.1, 0.15) is 6.04 Å². The molecule has 0 spiro atoms. The van der Waals surface area contributed by atoms with Gasteiger partial charge in [-0.2, -0.15) is 0 Å². The van der Waals surface area contributed by atoms with E-state index in [1.165, 1.54) is 0 Å². The van der Waals surface area contributed by atoms with Crippen LogP contribution in [0.15, 0.2) is 34.9 Å². The normalized spacial score (nSPS) is 15.1. The van der Waals surface area contributed by atoms with Crippen molar-refractivity contribution in [2.45, 2.75) is 45.6 Å². The van der Waals surface area contributed by atoms with Gasteiger partial charge in [0.25, 0.3) is 0 Å². The molecule has 1 N–H and O–H groups in total. The second-order valence-electron chi connectivity index (χ2n) is 7.42. The third kappa shape index (κ3) is 4.93. The van der Waals surface area contributed by atoms with E-state index in [-0.39, 0.29) is 24.2 Å². The standard InChI is InChI=1S/C21H26ClN3O3/c1-14(2)20(21(27)25-11-5-6-12-25)24-18(26)9-10-19-23-13-17(28-19)15-7-3-4-8-16(15)22/h3-4,7-8,13-14,20H,5-6,9-12H2,1-2H3,(H,24,26)/t20-/m0/s1. The average Bonchev–Trinajstić information content (AvgIpc) is 3.36. The fourth-order valence-electron chi connectivity index (χ4n) is 3.33. The van der Waals surface area contributed by atoms with E-state index in [0.717, 1.165) is 31.5 Å². The molecule has 0 aliphatic carbocycles. The lowest BCUT2D eigenvalue weighted by Crippen LogP contribution is -2.50. The molecule has 0 bridgehead atoms. The molecular weight excluding hydrogens is 378 g/mol. The molecule has 150 valence electrons. The summed E-state index contributed by atoms with van der Waals surface area (Å²) in [5, 5.41) is 3.48. The molecule has 1 aliphatic rings. The Morgan fingerprint density at radius 3 is 2.64 bits per heavy atom. The fraction of sp³-hybridized carbons (Fsp3) is 0.476. The first kappa shape index (κ1) is 20.4.